The fraction of sp³-hybridized carbons (Fsp3) is 0.370. The van der Waals surface area contributed by atoms with E-state index in [9.17, 15) is 23.2 Å². The van der Waals surface area contributed by atoms with Crippen LogP contribution >= 0.6 is 0 Å². The van der Waals surface area contributed by atoms with E-state index in [2.05, 4.69) is 36.3 Å². The van der Waals surface area contributed by atoms with Crippen LogP contribution < -0.4 is 5.32 Å². The number of hydrogen-bond donors (Lipinski definition) is 2. The fourth-order valence-electron chi connectivity index (χ4n) is 5.67. The van der Waals surface area contributed by atoms with Gasteiger partial charge in [-0.3, -0.25) is 9.58 Å². The number of amides is 2. The second-order valence-corrected chi connectivity index (χ2v) is 10.3. The maximum atomic E-state index is 13.0. The molecule has 2 aliphatic heterocycles. The van der Waals surface area contributed by atoms with E-state index < -0.39 is 23.3 Å². The molecule has 2 saturated heterocycles. The van der Waals surface area contributed by atoms with E-state index >= 15 is 0 Å². The summed E-state index contributed by atoms with van der Waals surface area (Å²) in [5, 5.41) is 17.7. The Morgan fingerprint density at radius 3 is 2.75 bits per heavy atom. The van der Waals surface area contributed by atoms with Gasteiger partial charge in [-0.05, 0) is 37.1 Å². The number of nitrogens with zero attached hydrogens (tertiary/aromatic N) is 7. The van der Waals surface area contributed by atoms with E-state index in [1.54, 1.807) is 11.1 Å². The number of nitrogens with one attached hydrogen (secondary N) is 2. The number of nitriles is 1. The molecule has 2 amide bonds. The molecule has 3 aromatic heterocycles. The number of carbonyl (C=O) groups is 1. The van der Waals surface area contributed by atoms with Crippen LogP contribution in [0.15, 0.2) is 55.2 Å². The minimum atomic E-state index is -4.47. The molecule has 0 spiro atoms. The number of carbonyl (C=O) groups excluding carboxylic acids is 1. The average Bonchev–Trinajstić information content (AvgIpc) is 3.61. The lowest BCUT2D eigenvalue weighted by Gasteiger charge is -2.53. The Balaban J connectivity index is 1.07. The number of aromatic amines is 1. The Labute approximate surface area is 227 Å². The van der Waals surface area contributed by atoms with Crippen molar-refractivity contribution in [2.45, 2.75) is 37.0 Å². The van der Waals surface area contributed by atoms with Crippen LogP contribution in [0.1, 0.15) is 24.8 Å². The number of H-pyrrole nitrogens is 1. The van der Waals surface area contributed by atoms with Gasteiger partial charge in [0.05, 0.1) is 29.9 Å². The molecule has 0 unspecified atom stereocenters. The molecule has 206 valence electrons. The van der Waals surface area contributed by atoms with Crippen LogP contribution in [0.4, 0.5) is 23.7 Å². The van der Waals surface area contributed by atoms with Gasteiger partial charge in [-0.1, -0.05) is 6.07 Å². The summed E-state index contributed by atoms with van der Waals surface area (Å²) in [5.74, 6) is 0. The van der Waals surface area contributed by atoms with Crippen molar-refractivity contribution in [1.82, 2.24) is 34.5 Å². The van der Waals surface area contributed by atoms with Gasteiger partial charge in [-0.2, -0.15) is 23.5 Å². The summed E-state index contributed by atoms with van der Waals surface area (Å²) in [4.78, 5) is 28.4. The largest absolute Gasteiger partial charge is 0.416 e. The molecule has 2 fully saturated rings. The van der Waals surface area contributed by atoms with Gasteiger partial charge in [-0.15, -0.1) is 0 Å². The lowest BCUT2D eigenvalue weighted by atomic mass is 9.84. The lowest BCUT2D eigenvalue weighted by molar-refractivity contribution is -0.137. The summed E-state index contributed by atoms with van der Waals surface area (Å²) in [6.45, 7) is 2.30. The van der Waals surface area contributed by atoms with Crippen molar-refractivity contribution in [3.8, 4) is 17.3 Å². The third-order valence-corrected chi connectivity index (χ3v) is 7.81. The molecule has 0 aliphatic carbocycles. The van der Waals surface area contributed by atoms with Crippen molar-refractivity contribution in [3.05, 3.63) is 60.8 Å². The zero-order valence-corrected chi connectivity index (χ0v) is 21.4. The van der Waals surface area contributed by atoms with Gasteiger partial charge in [0.25, 0.3) is 0 Å². The van der Waals surface area contributed by atoms with E-state index in [4.69, 9.17) is 0 Å². The highest BCUT2D eigenvalue weighted by Crippen LogP contribution is 2.37. The highest BCUT2D eigenvalue weighted by Gasteiger charge is 2.48. The standard InChI is InChI=1S/C27H26F3N9O/c28-27(29,30)19-2-1-3-20(12-19)36-25(40)37-10-5-21(6-11-37)38-15-26(16-38,7-8-31)39-14-18(13-35-39)23-22-4-9-32-24(22)34-17-33-23/h1-4,9,12-14,17,21H,5-7,10-11,15-16H2,(H,36,40)(H,32,33,34). The van der Waals surface area contributed by atoms with Crippen molar-refractivity contribution in [2.75, 3.05) is 31.5 Å². The summed E-state index contributed by atoms with van der Waals surface area (Å²) < 4.78 is 40.9. The number of urea groups is 1. The third-order valence-electron chi connectivity index (χ3n) is 7.81. The van der Waals surface area contributed by atoms with Crippen LogP contribution in [-0.2, 0) is 11.7 Å². The summed E-state index contributed by atoms with van der Waals surface area (Å²) in [7, 11) is 0. The number of halogens is 3. The van der Waals surface area contributed by atoms with Crippen LogP contribution in [0, 0.1) is 11.3 Å². The molecule has 0 radical (unpaired) electrons. The van der Waals surface area contributed by atoms with Crippen molar-refractivity contribution < 1.29 is 18.0 Å². The van der Waals surface area contributed by atoms with Gasteiger partial charge in [0, 0.05) is 61.3 Å². The zero-order valence-electron chi connectivity index (χ0n) is 21.4. The van der Waals surface area contributed by atoms with Gasteiger partial charge in [-0.25, -0.2) is 14.8 Å². The average molecular weight is 550 g/mol. The van der Waals surface area contributed by atoms with Crippen LogP contribution in [0.3, 0.4) is 0 Å². The Bertz CT molecular complexity index is 1570. The highest BCUT2D eigenvalue weighted by molar-refractivity contribution is 5.90. The van der Waals surface area contributed by atoms with Crippen LogP contribution in [0.25, 0.3) is 22.3 Å². The van der Waals surface area contributed by atoms with Gasteiger partial charge in [0.1, 0.15) is 17.5 Å². The molecule has 6 rings (SSSR count). The first-order chi connectivity index (χ1) is 19.3. The molecule has 0 saturated carbocycles. The number of alkyl halides is 3. The van der Waals surface area contributed by atoms with Crippen molar-refractivity contribution in [1.29, 1.82) is 5.26 Å². The quantitative estimate of drug-likeness (QED) is 0.380. The predicted octanol–water partition coefficient (Wildman–Crippen LogP) is 4.46. The number of piperidine rings is 1. The number of anilines is 1. The second kappa shape index (κ2) is 9.95. The summed E-state index contributed by atoms with van der Waals surface area (Å²) >= 11 is 0. The van der Waals surface area contributed by atoms with Crippen molar-refractivity contribution in [3.63, 3.8) is 0 Å². The van der Waals surface area contributed by atoms with Gasteiger partial charge >= 0.3 is 12.2 Å². The zero-order chi connectivity index (χ0) is 27.9. The molecule has 1 aromatic carbocycles. The third kappa shape index (κ3) is 4.75. The topological polar surface area (TPSA) is 119 Å². The maximum absolute atomic E-state index is 13.0. The molecule has 13 heteroatoms. The molecular formula is C27H26F3N9O. The van der Waals surface area contributed by atoms with Crippen molar-refractivity contribution >= 4 is 22.8 Å². The first kappa shape index (κ1) is 25.8. The fourth-order valence-corrected chi connectivity index (χ4v) is 5.67. The van der Waals surface area contributed by atoms with E-state index in [0.29, 0.717) is 32.6 Å². The number of rotatable bonds is 5. The summed E-state index contributed by atoms with van der Waals surface area (Å²) in [5.41, 5.74) is 1.23. The number of aromatic nitrogens is 5. The number of fused-ring (bicyclic) bond motifs is 1. The van der Waals surface area contributed by atoms with E-state index in [1.807, 2.05) is 23.1 Å². The van der Waals surface area contributed by atoms with E-state index in [-0.39, 0.29) is 11.7 Å². The smallest absolute Gasteiger partial charge is 0.346 e. The monoisotopic (exact) mass is 549 g/mol. The maximum Gasteiger partial charge on any atom is 0.416 e. The molecule has 2 N–H and O–H groups in total. The first-order valence-electron chi connectivity index (χ1n) is 12.9. The van der Waals surface area contributed by atoms with Gasteiger partial charge < -0.3 is 15.2 Å². The van der Waals surface area contributed by atoms with Crippen LogP contribution in [-0.4, -0.2) is 72.8 Å². The predicted molar refractivity (Wildman–Crippen MR) is 140 cm³/mol. The van der Waals surface area contributed by atoms with Crippen LogP contribution in [0.2, 0.25) is 0 Å². The summed E-state index contributed by atoms with van der Waals surface area (Å²) in [6.07, 6.45) is 4.32. The summed E-state index contributed by atoms with van der Waals surface area (Å²) in [6, 6.07) is 8.69. The Morgan fingerprint density at radius 1 is 1.20 bits per heavy atom. The number of hydrogen-bond acceptors (Lipinski definition) is 6. The minimum Gasteiger partial charge on any atom is -0.346 e. The number of likely N-dealkylation sites (tertiary alicyclic amines) is 2. The highest BCUT2D eigenvalue weighted by atomic mass is 19.4. The second-order valence-electron chi connectivity index (χ2n) is 10.3. The molecule has 0 atom stereocenters. The van der Waals surface area contributed by atoms with E-state index in [0.717, 1.165) is 47.3 Å². The molecule has 4 aromatic rings. The minimum absolute atomic E-state index is 0.115. The molecule has 0 bridgehead atoms. The Hall–Kier alpha value is -4.44. The van der Waals surface area contributed by atoms with Gasteiger partial charge in [0.2, 0.25) is 0 Å². The van der Waals surface area contributed by atoms with Crippen LogP contribution in [0.5, 0.6) is 0 Å². The Kier molecular flexibility index (Phi) is 6.42. The SMILES string of the molecule is N#CCC1(n2cc(-c3ncnc4[nH]ccc34)cn2)CN(C2CCN(C(=O)Nc3cccc(C(F)(F)F)c3)CC2)C1. The molecule has 10 nitrogen and oxygen atoms in total. The normalized spacial score (nSPS) is 17.9. The van der Waals surface area contributed by atoms with Crippen molar-refractivity contribution in [2.24, 2.45) is 0 Å². The molecule has 40 heavy (non-hydrogen) atoms. The molecule has 2 aliphatic rings. The first-order valence-corrected chi connectivity index (χ1v) is 12.9. The number of benzene rings is 1. The molecular weight excluding hydrogens is 523 g/mol. The molecule has 5 heterocycles. The Morgan fingerprint density at radius 2 is 2.00 bits per heavy atom. The van der Waals surface area contributed by atoms with E-state index in [1.165, 1.54) is 18.5 Å². The lowest BCUT2D eigenvalue weighted by Crippen LogP contribution is -2.66. The van der Waals surface area contributed by atoms with Gasteiger partial charge in [0.15, 0.2) is 0 Å².